The number of hydrogen-bond acceptors (Lipinski definition) is 3. The summed E-state index contributed by atoms with van der Waals surface area (Å²) in [7, 11) is 1.79. The largest absolute Gasteiger partial charge is 0.372 e. The van der Waals surface area contributed by atoms with E-state index in [0.717, 1.165) is 10.2 Å². The molecule has 6 heteroatoms. The molecule has 100 valence electrons. The topological polar surface area (TPSA) is 47.4 Å². The predicted molar refractivity (Wildman–Crippen MR) is 71.6 cm³/mol. The SMILES string of the molecule is Cc1nn(C)c(C(=O)N2C[C@@H](C)O[C@H](C)C2)c1Br. The van der Waals surface area contributed by atoms with E-state index >= 15 is 0 Å². The van der Waals surface area contributed by atoms with E-state index in [4.69, 9.17) is 4.74 Å². The second kappa shape index (κ2) is 5.01. The van der Waals surface area contributed by atoms with Crippen molar-refractivity contribution in [2.75, 3.05) is 13.1 Å². The Hall–Kier alpha value is -0.880. The first-order chi connectivity index (χ1) is 8.40. The lowest BCUT2D eigenvalue weighted by Gasteiger charge is -2.35. The number of nitrogens with zero attached hydrogens (tertiary/aromatic N) is 3. The number of halogens is 1. The third kappa shape index (κ3) is 2.44. The Kier molecular flexibility index (Phi) is 3.77. The minimum atomic E-state index is 0.00646. The van der Waals surface area contributed by atoms with Crippen LogP contribution in [0.4, 0.5) is 0 Å². The molecule has 2 heterocycles. The molecule has 0 aromatic carbocycles. The van der Waals surface area contributed by atoms with Crippen LogP contribution < -0.4 is 0 Å². The maximum atomic E-state index is 12.5. The first-order valence-electron chi connectivity index (χ1n) is 6.04. The second-order valence-corrected chi connectivity index (χ2v) is 5.63. The first kappa shape index (κ1) is 13.5. The molecule has 0 saturated carbocycles. The number of carbonyl (C=O) groups is 1. The minimum absolute atomic E-state index is 0.00646. The number of carbonyl (C=O) groups excluding carboxylic acids is 1. The summed E-state index contributed by atoms with van der Waals surface area (Å²) in [6.45, 7) is 7.10. The fourth-order valence-corrected chi connectivity index (χ4v) is 2.86. The molecule has 1 aromatic heterocycles. The maximum absolute atomic E-state index is 12.5. The standard InChI is InChI=1S/C12H18BrN3O2/c1-7-5-16(6-8(2)18-7)12(17)11-10(13)9(3)14-15(11)4/h7-8H,5-6H2,1-4H3/t7-,8-/m1/s1. The fourth-order valence-electron chi connectivity index (χ4n) is 2.36. The van der Waals surface area contributed by atoms with Crippen LogP contribution in [0.15, 0.2) is 4.47 Å². The van der Waals surface area contributed by atoms with Gasteiger partial charge in [0.05, 0.1) is 22.4 Å². The molecule has 1 saturated heterocycles. The van der Waals surface area contributed by atoms with Crippen LogP contribution in [0.25, 0.3) is 0 Å². The average Bonchev–Trinajstić information content (AvgIpc) is 2.51. The molecule has 1 aliphatic rings. The Morgan fingerprint density at radius 3 is 2.39 bits per heavy atom. The summed E-state index contributed by atoms with van der Waals surface area (Å²) in [5, 5.41) is 4.26. The van der Waals surface area contributed by atoms with E-state index in [1.54, 1.807) is 11.7 Å². The Morgan fingerprint density at radius 2 is 1.94 bits per heavy atom. The van der Waals surface area contributed by atoms with Gasteiger partial charge >= 0.3 is 0 Å². The number of rotatable bonds is 1. The molecule has 1 aromatic rings. The highest BCUT2D eigenvalue weighted by Gasteiger charge is 2.29. The lowest BCUT2D eigenvalue weighted by atomic mass is 10.2. The monoisotopic (exact) mass is 315 g/mol. The number of morpholine rings is 1. The van der Waals surface area contributed by atoms with E-state index in [9.17, 15) is 4.79 Å². The van der Waals surface area contributed by atoms with Crippen LogP contribution in [0.2, 0.25) is 0 Å². The van der Waals surface area contributed by atoms with Gasteiger partial charge in [0.1, 0.15) is 5.69 Å². The molecular weight excluding hydrogens is 298 g/mol. The highest BCUT2D eigenvalue weighted by Crippen LogP contribution is 2.23. The van der Waals surface area contributed by atoms with Gasteiger partial charge in [-0.05, 0) is 36.7 Å². The van der Waals surface area contributed by atoms with Crippen molar-refractivity contribution in [1.82, 2.24) is 14.7 Å². The Labute approximate surface area is 115 Å². The summed E-state index contributed by atoms with van der Waals surface area (Å²) < 4.78 is 8.05. The van der Waals surface area contributed by atoms with Crippen molar-refractivity contribution in [1.29, 1.82) is 0 Å². The van der Waals surface area contributed by atoms with Gasteiger partial charge in [-0.1, -0.05) is 0 Å². The normalized spacial score (nSPS) is 24.4. The lowest BCUT2D eigenvalue weighted by Crippen LogP contribution is -2.48. The van der Waals surface area contributed by atoms with E-state index in [1.165, 1.54) is 0 Å². The van der Waals surface area contributed by atoms with Gasteiger partial charge in [0.25, 0.3) is 5.91 Å². The molecule has 0 N–H and O–H groups in total. The second-order valence-electron chi connectivity index (χ2n) is 4.84. The summed E-state index contributed by atoms with van der Waals surface area (Å²) in [5.41, 5.74) is 1.43. The molecule has 0 aliphatic carbocycles. The van der Waals surface area contributed by atoms with Gasteiger partial charge in [-0.25, -0.2) is 0 Å². The molecule has 1 amide bonds. The number of aryl methyl sites for hydroxylation is 2. The maximum Gasteiger partial charge on any atom is 0.273 e. The Bertz CT molecular complexity index is 462. The van der Waals surface area contributed by atoms with E-state index in [0.29, 0.717) is 18.8 Å². The molecule has 0 spiro atoms. The molecular formula is C12H18BrN3O2. The minimum Gasteiger partial charge on any atom is -0.372 e. The van der Waals surface area contributed by atoms with Crippen molar-refractivity contribution < 1.29 is 9.53 Å². The zero-order valence-corrected chi connectivity index (χ0v) is 12.7. The fraction of sp³-hybridized carbons (Fsp3) is 0.667. The number of amides is 1. The van der Waals surface area contributed by atoms with Crippen molar-refractivity contribution in [3.05, 3.63) is 15.9 Å². The van der Waals surface area contributed by atoms with E-state index < -0.39 is 0 Å². The smallest absolute Gasteiger partial charge is 0.273 e. The van der Waals surface area contributed by atoms with Crippen LogP contribution in [0, 0.1) is 6.92 Å². The van der Waals surface area contributed by atoms with Crippen LogP contribution in [-0.4, -0.2) is 45.9 Å². The van der Waals surface area contributed by atoms with E-state index in [2.05, 4.69) is 21.0 Å². The molecule has 0 radical (unpaired) electrons. The average molecular weight is 316 g/mol. The summed E-state index contributed by atoms with van der Waals surface area (Å²) in [6.07, 6.45) is 0.150. The first-order valence-corrected chi connectivity index (χ1v) is 6.83. The number of ether oxygens (including phenoxy) is 1. The van der Waals surface area contributed by atoms with Gasteiger partial charge in [0, 0.05) is 20.1 Å². The molecule has 2 rings (SSSR count). The lowest BCUT2D eigenvalue weighted by molar-refractivity contribution is -0.0588. The third-order valence-electron chi connectivity index (χ3n) is 3.06. The van der Waals surface area contributed by atoms with Crippen molar-refractivity contribution in [3.8, 4) is 0 Å². The van der Waals surface area contributed by atoms with E-state index in [1.807, 2.05) is 25.7 Å². The molecule has 5 nitrogen and oxygen atoms in total. The molecule has 1 fully saturated rings. The summed E-state index contributed by atoms with van der Waals surface area (Å²) in [4.78, 5) is 14.4. The summed E-state index contributed by atoms with van der Waals surface area (Å²) in [5.74, 6) is 0.00646. The van der Waals surface area contributed by atoms with Gasteiger partial charge < -0.3 is 9.64 Å². The summed E-state index contributed by atoms with van der Waals surface area (Å²) >= 11 is 3.44. The van der Waals surface area contributed by atoms with Gasteiger partial charge in [-0.2, -0.15) is 5.10 Å². The van der Waals surface area contributed by atoms with Crippen LogP contribution in [0.3, 0.4) is 0 Å². The van der Waals surface area contributed by atoms with E-state index in [-0.39, 0.29) is 18.1 Å². The number of hydrogen-bond donors (Lipinski definition) is 0. The van der Waals surface area contributed by atoms with Crippen LogP contribution in [0.5, 0.6) is 0 Å². The van der Waals surface area contributed by atoms with Gasteiger partial charge in [0.15, 0.2) is 0 Å². The van der Waals surface area contributed by atoms with Gasteiger partial charge in [-0.15, -0.1) is 0 Å². The third-order valence-corrected chi connectivity index (χ3v) is 4.01. The van der Waals surface area contributed by atoms with Crippen molar-refractivity contribution in [2.45, 2.75) is 33.0 Å². The van der Waals surface area contributed by atoms with Crippen LogP contribution >= 0.6 is 15.9 Å². The van der Waals surface area contributed by atoms with Crippen molar-refractivity contribution in [2.24, 2.45) is 7.05 Å². The zero-order valence-electron chi connectivity index (χ0n) is 11.1. The predicted octanol–water partition coefficient (Wildman–Crippen LogP) is 1.74. The molecule has 0 unspecified atom stereocenters. The molecule has 1 aliphatic heterocycles. The molecule has 2 atom stereocenters. The molecule has 0 bridgehead atoms. The quantitative estimate of drug-likeness (QED) is 0.793. The highest BCUT2D eigenvalue weighted by molar-refractivity contribution is 9.10. The summed E-state index contributed by atoms with van der Waals surface area (Å²) in [6, 6.07) is 0. The van der Waals surface area contributed by atoms with Crippen LogP contribution in [0.1, 0.15) is 30.0 Å². The molecule has 18 heavy (non-hydrogen) atoms. The highest BCUT2D eigenvalue weighted by atomic mass is 79.9. The number of aromatic nitrogens is 2. The Morgan fingerprint density at radius 1 is 1.39 bits per heavy atom. The van der Waals surface area contributed by atoms with Gasteiger partial charge in [0.2, 0.25) is 0 Å². The van der Waals surface area contributed by atoms with Gasteiger partial charge in [-0.3, -0.25) is 9.48 Å². The van der Waals surface area contributed by atoms with Crippen molar-refractivity contribution in [3.63, 3.8) is 0 Å². The van der Waals surface area contributed by atoms with Crippen LogP contribution in [-0.2, 0) is 11.8 Å². The zero-order chi connectivity index (χ0) is 13.4. The van der Waals surface area contributed by atoms with Crippen molar-refractivity contribution >= 4 is 21.8 Å². The Balaban J connectivity index is 2.25.